The van der Waals surface area contributed by atoms with Gasteiger partial charge in [-0.15, -0.1) is 0 Å². The molecule has 0 aliphatic rings. The molecule has 0 fully saturated rings. The molecule has 0 spiro atoms. The van der Waals surface area contributed by atoms with Crippen LogP contribution in [0.2, 0.25) is 0 Å². The predicted octanol–water partition coefficient (Wildman–Crippen LogP) is 2.94. The highest BCUT2D eigenvalue weighted by atomic mass is 19.1. The summed E-state index contributed by atoms with van der Waals surface area (Å²) in [6.45, 7) is 6.08. The van der Waals surface area contributed by atoms with Crippen LogP contribution in [-0.4, -0.2) is 26.2 Å². The zero-order valence-electron chi connectivity index (χ0n) is 13.3. The number of hydrogen-bond acceptors (Lipinski definition) is 4. The van der Waals surface area contributed by atoms with E-state index in [0.29, 0.717) is 5.56 Å². The van der Waals surface area contributed by atoms with Crippen molar-refractivity contribution in [2.24, 2.45) is 0 Å². The van der Waals surface area contributed by atoms with Gasteiger partial charge in [0.05, 0.1) is 11.8 Å². The molecule has 0 aliphatic carbocycles. The number of aliphatic hydroxyl groups excluding tert-OH is 1. The highest BCUT2D eigenvalue weighted by Gasteiger charge is 2.13. The smallest absolute Gasteiger partial charge is 0.160 e. The van der Waals surface area contributed by atoms with E-state index in [1.165, 1.54) is 12.1 Å². The monoisotopic (exact) mass is 314 g/mol. The Kier molecular flexibility index (Phi) is 4.00. The Bertz CT molecular complexity index is 859. The van der Waals surface area contributed by atoms with Crippen molar-refractivity contribution >= 4 is 11.5 Å². The van der Waals surface area contributed by atoms with Crippen LogP contribution >= 0.6 is 0 Å². The number of halogens is 1. The number of rotatable bonds is 4. The van der Waals surface area contributed by atoms with E-state index >= 15 is 0 Å². The van der Waals surface area contributed by atoms with Crippen LogP contribution < -0.4 is 5.32 Å². The fourth-order valence-corrected chi connectivity index (χ4v) is 2.51. The van der Waals surface area contributed by atoms with E-state index in [1.807, 2.05) is 26.8 Å². The van der Waals surface area contributed by atoms with Crippen LogP contribution in [0.5, 0.6) is 0 Å². The summed E-state index contributed by atoms with van der Waals surface area (Å²) in [6, 6.07) is 7.85. The van der Waals surface area contributed by atoms with Crippen molar-refractivity contribution in [3.8, 4) is 0 Å². The second-order valence-electron chi connectivity index (χ2n) is 5.68. The molecular formula is C17H19FN4O. The molecule has 0 amide bonds. The van der Waals surface area contributed by atoms with Crippen LogP contribution in [-0.2, 0) is 0 Å². The van der Waals surface area contributed by atoms with Gasteiger partial charge in [-0.2, -0.15) is 9.61 Å². The molecule has 0 saturated heterocycles. The van der Waals surface area contributed by atoms with Crippen molar-refractivity contribution in [2.75, 3.05) is 11.9 Å². The molecule has 6 heteroatoms. The van der Waals surface area contributed by atoms with Crippen molar-refractivity contribution in [3.63, 3.8) is 0 Å². The van der Waals surface area contributed by atoms with E-state index < -0.39 is 6.10 Å². The lowest BCUT2D eigenvalue weighted by atomic mass is 10.1. The molecule has 120 valence electrons. The maximum Gasteiger partial charge on any atom is 0.160 e. The standard InChI is InChI=1S/C17H19FN4O/c1-10-7-16(22-17(20-10)11(2)12(3)21-22)19-9-15(23)13-5-4-6-14(18)8-13/h4-8,15,19,23H,9H2,1-3H3/t15-/m0/s1. The summed E-state index contributed by atoms with van der Waals surface area (Å²) in [5.41, 5.74) is 4.14. The third kappa shape index (κ3) is 3.03. The van der Waals surface area contributed by atoms with Crippen LogP contribution in [0.15, 0.2) is 30.3 Å². The quantitative estimate of drug-likeness (QED) is 0.777. The Labute approximate surface area is 133 Å². The molecule has 0 unspecified atom stereocenters. The van der Waals surface area contributed by atoms with E-state index in [2.05, 4.69) is 15.4 Å². The Hall–Kier alpha value is -2.47. The summed E-state index contributed by atoms with van der Waals surface area (Å²) in [7, 11) is 0. The molecule has 1 aromatic carbocycles. The molecule has 2 heterocycles. The number of hydrogen-bond donors (Lipinski definition) is 2. The Morgan fingerprint density at radius 1 is 1.26 bits per heavy atom. The fourth-order valence-electron chi connectivity index (χ4n) is 2.51. The highest BCUT2D eigenvalue weighted by Crippen LogP contribution is 2.20. The summed E-state index contributed by atoms with van der Waals surface area (Å²) >= 11 is 0. The second-order valence-corrected chi connectivity index (χ2v) is 5.68. The summed E-state index contributed by atoms with van der Waals surface area (Å²) in [5, 5.41) is 17.9. The van der Waals surface area contributed by atoms with Crippen molar-refractivity contribution < 1.29 is 9.50 Å². The highest BCUT2D eigenvalue weighted by molar-refractivity contribution is 5.55. The second kappa shape index (κ2) is 5.96. The number of aromatic nitrogens is 3. The average molecular weight is 314 g/mol. The van der Waals surface area contributed by atoms with E-state index in [1.54, 1.807) is 16.6 Å². The molecule has 0 aliphatic heterocycles. The summed E-state index contributed by atoms with van der Waals surface area (Å²) in [5.74, 6) is 0.390. The van der Waals surface area contributed by atoms with Gasteiger partial charge in [0.1, 0.15) is 11.6 Å². The molecule has 3 rings (SSSR count). The zero-order chi connectivity index (χ0) is 16.6. The number of anilines is 1. The maximum absolute atomic E-state index is 13.2. The van der Waals surface area contributed by atoms with Gasteiger partial charge < -0.3 is 10.4 Å². The number of aliphatic hydroxyl groups is 1. The molecule has 23 heavy (non-hydrogen) atoms. The molecule has 0 bridgehead atoms. The molecule has 0 radical (unpaired) electrons. The first kappa shape index (κ1) is 15.4. The number of benzene rings is 1. The van der Waals surface area contributed by atoms with Gasteiger partial charge in [0, 0.05) is 23.9 Å². The Balaban J connectivity index is 1.86. The van der Waals surface area contributed by atoms with Gasteiger partial charge in [-0.05, 0) is 38.5 Å². The van der Waals surface area contributed by atoms with E-state index in [0.717, 1.165) is 28.4 Å². The van der Waals surface area contributed by atoms with Crippen LogP contribution in [0.25, 0.3) is 5.65 Å². The van der Waals surface area contributed by atoms with Crippen LogP contribution in [0.3, 0.4) is 0 Å². The topological polar surface area (TPSA) is 62.5 Å². The molecule has 0 saturated carbocycles. The minimum absolute atomic E-state index is 0.250. The first-order chi connectivity index (χ1) is 11.0. The molecule has 5 nitrogen and oxygen atoms in total. The lowest BCUT2D eigenvalue weighted by Gasteiger charge is -2.14. The van der Waals surface area contributed by atoms with Gasteiger partial charge >= 0.3 is 0 Å². The number of aryl methyl sites for hydroxylation is 3. The van der Waals surface area contributed by atoms with E-state index in [9.17, 15) is 9.50 Å². The largest absolute Gasteiger partial charge is 0.387 e. The molecule has 3 aromatic rings. The third-order valence-electron chi connectivity index (χ3n) is 3.89. The first-order valence-electron chi connectivity index (χ1n) is 7.46. The Morgan fingerprint density at radius 3 is 2.78 bits per heavy atom. The van der Waals surface area contributed by atoms with Gasteiger partial charge in [-0.1, -0.05) is 12.1 Å². The van der Waals surface area contributed by atoms with Gasteiger partial charge in [0.15, 0.2) is 5.65 Å². The fraction of sp³-hybridized carbons (Fsp3) is 0.294. The average Bonchev–Trinajstić information content (AvgIpc) is 2.80. The minimum atomic E-state index is -0.813. The molecule has 2 N–H and O–H groups in total. The number of nitrogens with zero attached hydrogens (tertiary/aromatic N) is 3. The normalized spacial score (nSPS) is 12.6. The van der Waals surface area contributed by atoms with Crippen molar-refractivity contribution in [1.82, 2.24) is 14.6 Å². The van der Waals surface area contributed by atoms with Gasteiger partial charge in [0.25, 0.3) is 0 Å². The van der Waals surface area contributed by atoms with Crippen LogP contribution in [0.1, 0.15) is 28.6 Å². The van der Waals surface area contributed by atoms with Crippen molar-refractivity contribution in [2.45, 2.75) is 26.9 Å². The lowest BCUT2D eigenvalue weighted by molar-refractivity contribution is 0.191. The zero-order valence-corrected chi connectivity index (χ0v) is 13.3. The third-order valence-corrected chi connectivity index (χ3v) is 3.89. The van der Waals surface area contributed by atoms with Gasteiger partial charge in [-0.3, -0.25) is 0 Å². The number of fused-ring (bicyclic) bond motifs is 1. The maximum atomic E-state index is 13.2. The van der Waals surface area contributed by atoms with Crippen molar-refractivity contribution in [1.29, 1.82) is 0 Å². The summed E-state index contributed by atoms with van der Waals surface area (Å²) in [6.07, 6.45) is -0.813. The van der Waals surface area contributed by atoms with E-state index in [-0.39, 0.29) is 12.4 Å². The van der Waals surface area contributed by atoms with Gasteiger partial charge in [0.2, 0.25) is 0 Å². The first-order valence-corrected chi connectivity index (χ1v) is 7.46. The molecular weight excluding hydrogens is 295 g/mol. The predicted molar refractivity (Wildman–Crippen MR) is 87.0 cm³/mol. The number of nitrogens with one attached hydrogen (secondary N) is 1. The minimum Gasteiger partial charge on any atom is -0.387 e. The van der Waals surface area contributed by atoms with Crippen molar-refractivity contribution in [3.05, 3.63) is 58.7 Å². The summed E-state index contributed by atoms with van der Waals surface area (Å²) < 4.78 is 15.0. The molecule has 2 aromatic heterocycles. The molecule has 1 atom stereocenters. The lowest BCUT2D eigenvalue weighted by Crippen LogP contribution is -2.15. The van der Waals surface area contributed by atoms with Crippen LogP contribution in [0, 0.1) is 26.6 Å². The van der Waals surface area contributed by atoms with Crippen LogP contribution in [0.4, 0.5) is 10.2 Å². The Morgan fingerprint density at radius 2 is 2.04 bits per heavy atom. The van der Waals surface area contributed by atoms with E-state index in [4.69, 9.17) is 0 Å². The van der Waals surface area contributed by atoms with Gasteiger partial charge in [-0.25, -0.2) is 9.37 Å². The summed E-state index contributed by atoms with van der Waals surface area (Å²) in [4.78, 5) is 4.50. The SMILES string of the molecule is Cc1cc(NC[C@H](O)c2cccc(F)c2)n2nc(C)c(C)c2n1.